The number of hydrogen-bond donors (Lipinski definition) is 1. The summed E-state index contributed by atoms with van der Waals surface area (Å²) in [6.07, 6.45) is 4.17. The Morgan fingerprint density at radius 3 is 3.00 bits per heavy atom. The Morgan fingerprint density at radius 1 is 1.18 bits per heavy atom. The monoisotopic (exact) mass is 223 g/mol. The Kier molecular flexibility index (Phi) is 2.19. The molecule has 2 aromatic heterocycles. The molecule has 3 aromatic rings. The van der Waals surface area contributed by atoms with Gasteiger partial charge in [-0.25, -0.2) is 9.97 Å². The van der Waals surface area contributed by atoms with Gasteiger partial charge < -0.3 is 4.98 Å². The first-order valence-electron chi connectivity index (χ1n) is 5.22. The van der Waals surface area contributed by atoms with Crippen LogP contribution in [-0.2, 0) is 0 Å². The van der Waals surface area contributed by atoms with Gasteiger partial charge in [0.2, 0.25) is 0 Å². The van der Waals surface area contributed by atoms with E-state index in [1.807, 2.05) is 30.5 Å². The summed E-state index contributed by atoms with van der Waals surface area (Å²) >= 11 is 0. The number of aromatic nitrogens is 3. The van der Waals surface area contributed by atoms with Gasteiger partial charge in [0.25, 0.3) is 0 Å². The lowest BCUT2D eigenvalue weighted by atomic mass is 10.1. The van der Waals surface area contributed by atoms with Crippen molar-refractivity contribution in [2.75, 3.05) is 0 Å². The van der Waals surface area contributed by atoms with E-state index in [9.17, 15) is 4.79 Å². The largest absolute Gasteiger partial charge is 0.346 e. The molecule has 0 fully saturated rings. The van der Waals surface area contributed by atoms with Crippen molar-refractivity contribution in [3.8, 4) is 11.3 Å². The number of benzene rings is 1. The van der Waals surface area contributed by atoms with E-state index in [4.69, 9.17) is 0 Å². The fourth-order valence-corrected chi connectivity index (χ4v) is 1.86. The van der Waals surface area contributed by atoms with E-state index in [-0.39, 0.29) is 0 Å². The summed E-state index contributed by atoms with van der Waals surface area (Å²) in [5, 5.41) is 0.954. The lowest BCUT2D eigenvalue weighted by molar-refractivity contribution is 0.112. The quantitative estimate of drug-likeness (QED) is 0.679. The molecule has 4 nitrogen and oxygen atoms in total. The first-order valence-corrected chi connectivity index (χ1v) is 5.22. The molecule has 0 radical (unpaired) electrons. The molecule has 0 aliphatic carbocycles. The number of aromatic amines is 1. The third-order valence-corrected chi connectivity index (χ3v) is 2.65. The van der Waals surface area contributed by atoms with Crippen LogP contribution in [0.25, 0.3) is 22.3 Å². The van der Waals surface area contributed by atoms with E-state index in [0.717, 1.165) is 28.6 Å². The van der Waals surface area contributed by atoms with Crippen LogP contribution in [0.4, 0.5) is 0 Å². The van der Waals surface area contributed by atoms with Gasteiger partial charge in [0.1, 0.15) is 18.3 Å². The standard InChI is InChI=1S/C13H9N3O/c17-7-9-2-1-3-10(6-9)12-11-4-5-14-13(11)16-8-15-12/h1-8H,(H,14,15,16). The van der Waals surface area contributed by atoms with E-state index >= 15 is 0 Å². The smallest absolute Gasteiger partial charge is 0.150 e. The van der Waals surface area contributed by atoms with E-state index < -0.39 is 0 Å². The van der Waals surface area contributed by atoms with Gasteiger partial charge in [0.05, 0.1) is 5.69 Å². The van der Waals surface area contributed by atoms with Crippen molar-refractivity contribution in [1.29, 1.82) is 0 Å². The van der Waals surface area contributed by atoms with Crippen molar-refractivity contribution in [2.24, 2.45) is 0 Å². The van der Waals surface area contributed by atoms with Crippen molar-refractivity contribution in [3.63, 3.8) is 0 Å². The first kappa shape index (κ1) is 9.72. The molecule has 0 unspecified atom stereocenters. The molecule has 0 saturated heterocycles. The Labute approximate surface area is 97.3 Å². The predicted octanol–water partition coefficient (Wildman–Crippen LogP) is 2.44. The third-order valence-electron chi connectivity index (χ3n) is 2.65. The van der Waals surface area contributed by atoms with Crippen molar-refractivity contribution < 1.29 is 4.79 Å². The molecule has 3 rings (SSSR count). The maximum Gasteiger partial charge on any atom is 0.150 e. The number of carbonyl (C=O) groups is 1. The number of rotatable bonds is 2. The van der Waals surface area contributed by atoms with Gasteiger partial charge in [-0.1, -0.05) is 18.2 Å². The molecule has 0 saturated carbocycles. The van der Waals surface area contributed by atoms with Crippen LogP contribution in [0, 0.1) is 0 Å². The summed E-state index contributed by atoms with van der Waals surface area (Å²) in [4.78, 5) is 22.2. The average Bonchev–Trinajstić information content (AvgIpc) is 2.87. The second-order valence-corrected chi connectivity index (χ2v) is 3.71. The minimum Gasteiger partial charge on any atom is -0.346 e. The van der Waals surface area contributed by atoms with Crippen LogP contribution in [0.3, 0.4) is 0 Å². The molecule has 1 aromatic carbocycles. The number of hydrogen-bond acceptors (Lipinski definition) is 3. The molecule has 17 heavy (non-hydrogen) atoms. The first-order chi connectivity index (χ1) is 8.38. The lowest BCUT2D eigenvalue weighted by Crippen LogP contribution is -1.88. The molecular formula is C13H9N3O. The summed E-state index contributed by atoms with van der Waals surface area (Å²) in [5.74, 6) is 0. The molecule has 0 bridgehead atoms. The zero-order valence-corrected chi connectivity index (χ0v) is 8.92. The van der Waals surface area contributed by atoms with E-state index in [1.165, 1.54) is 6.33 Å². The zero-order valence-electron chi connectivity index (χ0n) is 8.92. The van der Waals surface area contributed by atoms with E-state index in [2.05, 4.69) is 15.0 Å². The Balaban J connectivity index is 2.26. The molecule has 1 N–H and O–H groups in total. The van der Waals surface area contributed by atoms with Crippen LogP contribution < -0.4 is 0 Å². The lowest BCUT2D eigenvalue weighted by Gasteiger charge is -2.02. The highest BCUT2D eigenvalue weighted by molar-refractivity contribution is 5.91. The molecule has 2 heterocycles. The van der Waals surface area contributed by atoms with Crippen LogP contribution in [0.2, 0.25) is 0 Å². The fourth-order valence-electron chi connectivity index (χ4n) is 1.86. The molecular weight excluding hydrogens is 214 g/mol. The molecule has 82 valence electrons. The van der Waals surface area contributed by atoms with Crippen LogP contribution in [0.1, 0.15) is 10.4 Å². The van der Waals surface area contributed by atoms with Gasteiger partial charge in [0.15, 0.2) is 0 Å². The highest BCUT2D eigenvalue weighted by Crippen LogP contribution is 2.24. The SMILES string of the molecule is O=Cc1cccc(-c2ncnc3[nH]ccc23)c1. The predicted molar refractivity (Wildman–Crippen MR) is 64.7 cm³/mol. The van der Waals surface area contributed by atoms with Crippen LogP contribution in [0.5, 0.6) is 0 Å². The van der Waals surface area contributed by atoms with Gasteiger partial charge in [0, 0.05) is 22.7 Å². The van der Waals surface area contributed by atoms with Crippen LogP contribution in [0.15, 0.2) is 42.9 Å². The molecule has 0 amide bonds. The normalized spacial score (nSPS) is 10.6. The van der Waals surface area contributed by atoms with Gasteiger partial charge in [-0.2, -0.15) is 0 Å². The Bertz CT molecular complexity index is 688. The average molecular weight is 223 g/mol. The van der Waals surface area contributed by atoms with Crippen LogP contribution >= 0.6 is 0 Å². The van der Waals surface area contributed by atoms with E-state index in [0.29, 0.717) is 5.56 Å². The summed E-state index contributed by atoms with van der Waals surface area (Å²) in [6.45, 7) is 0. The molecule has 0 aliphatic heterocycles. The van der Waals surface area contributed by atoms with Crippen molar-refractivity contribution in [1.82, 2.24) is 15.0 Å². The number of fused-ring (bicyclic) bond motifs is 1. The summed E-state index contributed by atoms with van der Waals surface area (Å²) in [5.41, 5.74) is 3.19. The number of H-pyrrole nitrogens is 1. The minimum absolute atomic E-state index is 0.643. The van der Waals surface area contributed by atoms with Gasteiger partial charge in [-0.05, 0) is 12.1 Å². The topological polar surface area (TPSA) is 58.6 Å². The second kappa shape index (κ2) is 3.83. The van der Waals surface area contributed by atoms with Gasteiger partial charge in [-0.15, -0.1) is 0 Å². The molecule has 0 aliphatic rings. The van der Waals surface area contributed by atoms with Gasteiger partial charge in [-0.3, -0.25) is 4.79 Å². The Morgan fingerprint density at radius 2 is 2.12 bits per heavy atom. The summed E-state index contributed by atoms with van der Waals surface area (Å²) < 4.78 is 0. The minimum atomic E-state index is 0.643. The maximum absolute atomic E-state index is 10.8. The number of carbonyl (C=O) groups excluding carboxylic acids is 1. The highest BCUT2D eigenvalue weighted by Gasteiger charge is 2.07. The number of nitrogens with zero attached hydrogens (tertiary/aromatic N) is 2. The number of aldehydes is 1. The Hall–Kier alpha value is -2.49. The molecule has 0 spiro atoms. The van der Waals surface area contributed by atoms with Crippen molar-refractivity contribution in [2.45, 2.75) is 0 Å². The molecule has 4 heteroatoms. The zero-order chi connectivity index (χ0) is 11.7. The maximum atomic E-state index is 10.8. The second-order valence-electron chi connectivity index (χ2n) is 3.71. The van der Waals surface area contributed by atoms with Gasteiger partial charge >= 0.3 is 0 Å². The highest BCUT2D eigenvalue weighted by atomic mass is 16.1. The number of nitrogens with one attached hydrogen (secondary N) is 1. The van der Waals surface area contributed by atoms with Crippen molar-refractivity contribution in [3.05, 3.63) is 48.4 Å². The van der Waals surface area contributed by atoms with E-state index in [1.54, 1.807) is 6.07 Å². The van der Waals surface area contributed by atoms with Crippen molar-refractivity contribution >= 4 is 17.3 Å². The summed E-state index contributed by atoms with van der Waals surface area (Å²) in [6, 6.07) is 9.30. The molecule has 0 atom stereocenters. The third kappa shape index (κ3) is 1.59. The summed E-state index contributed by atoms with van der Waals surface area (Å²) in [7, 11) is 0. The van der Waals surface area contributed by atoms with Crippen LogP contribution in [-0.4, -0.2) is 21.2 Å². The fraction of sp³-hybridized carbons (Fsp3) is 0.